The maximum Gasteiger partial charge on any atom is 0.260 e. The zero-order chi connectivity index (χ0) is 19.7. The van der Waals surface area contributed by atoms with E-state index in [9.17, 15) is 9.18 Å². The Morgan fingerprint density at radius 2 is 1.93 bits per heavy atom. The lowest BCUT2D eigenvalue weighted by atomic mass is 9.94. The number of amides is 1. The van der Waals surface area contributed by atoms with Gasteiger partial charge in [-0.05, 0) is 63.4 Å². The average Bonchev–Trinajstić information content (AvgIpc) is 2.96. The number of carbonyl (C=O) groups excluding carboxylic acids is 1. The average molecular weight is 382 g/mol. The SMILES string of the molecule is CC1(C)C[C@H]2[C@H](CCCN2C(=O)COc2ccccc2)N1c1cccc(F)c1. The standard InChI is InChI=1S/C23H27FN2O2/c1-23(2)15-21-20(26(23)18-9-6-8-17(24)14-18)12-7-13-25(21)22(27)16-28-19-10-4-3-5-11-19/h3-6,8-11,14,20-21H,7,12-13,15-16H2,1-2H3/t20-,21-/m0/s1. The van der Waals surface area contributed by atoms with Crippen molar-refractivity contribution in [2.45, 2.75) is 50.7 Å². The Bertz CT molecular complexity index is 840. The molecule has 1 amide bonds. The normalized spacial score (nSPS) is 23.4. The van der Waals surface area contributed by atoms with Crippen molar-refractivity contribution in [3.05, 3.63) is 60.4 Å². The molecule has 4 rings (SSSR count). The van der Waals surface area contributed by atoms with Crippen molar-refractivity contribution in [3.8, 4) is 5.75 Å². The minimum atomic E-state index is -0.225. The fraction of sp³-hybridized carbons (Fsp3) is 0.435. The Kier molecular flexibility index (Phi) is 5.00. The van der Waals surface area contributed by atoms with Crippen LogP contribution in [-0.2, 0) is 4.79 Å². The number of hydrogen-bond acceptors (Lipinski definition) is 3. The molecule has 0 radical (unpaired) electrons. The van der Waals surface area contributed by atoms with Gasteiger partial charge in [-0.2, -0.15) is 0 Å². The Hall–Kier alpha value is -2.56. The van der Waals surface area contributed by atoms with Crippen molar-refractivity contribution in [1.29, 1.82) is 0 Å². The molecule has 2 aliphatic rings. The number of piperidine rings is 1. The molecule has 5 heteroatoms. The summed E-state index contributed by atoms with van der Waals surface area (Å²) in [5.41, 5.74) is 0.749. The molecular formula is C23H27FN2O2. The fourth-order valence-electron chi connectivity index (χ4n) is 4.86. The molecule has 0 aromatic heterocycles. The van der Waals surface area contributed by atoms with Crippen LogP contribution in [0.2, 0.25) is 0 Å². The van der Waals surface area contributed by atoms with E-state index in [-0.39, 0.29) is 36.0 Å². The van der Waals surface area contributed by atoms with Gasteiger partial charge >= 0.3 is 0 Å². The second-order valence-corrected chi connectivity index (χ2v) is 8.33. The van der Waals surface area contributed by atoms with Crippen molar-refractivity contribution in [3.63, 3.8) is 0 Å². The predicted octanol–water partition coefficient (Wildman–Crippen LogP) is 4.25. The number of carbonyl (C=O) groups is 1. The highest BCUT2D eigenvalue weighted by Crippen LogP contribution is 2.43. The number of anilines is 1. The third-order valence-electron chi connectivity index (χ3n) is 5.95. The summed E-state index contributed by atoms with van der Waals surface area (Å²) in [5, 5.41) is 0. The number of hydrogen-bond donors (Lipinski definition) is 0. The van der Waals surface area contributed by atoms with Crippen molar-refractivity contribution < 1.29 is 13.9 Å². The third-order valence-corrected chi connectivity index (χ3v) is 5.95. The van der Waals surface area contributed by atoms with E-state index in [0.29, 0.717) is 5.75 Å². The molecule has 2 saturated heterocycles. The molecule has 2 atom stereocenters. The number of rotatable bonds is 4. The molecule has 0 spiro atoms. The van der Waals surface area contributed by atoms with E-state index >= 15 is 0 Å². The van der Waals surface area contributed by atoms with Crippen molar-refractivity contribution >= 4 is 11.6 Å². The van der Waals surface area contributed by atoms with Gasteiger partial charge in [-0.15, -0.1) is 0 Å². The van der Waals surface area contributed by atoms with Crippen molar-refractivity contribution in [2.75, 3.05) is 18.1 Å². The highest BCUT2D eigenvalue weighted by molar-refractivity contribution is 5.78. The summed E-state index contributed by atoms with van der Waals surface area (Å²) in [6, 6.07) is 16.6. The summed E-state index contributed by atoms with van der Waals surface area (Å²) >= 11 is 0. The molecule has 0 bridgehead atoms. The van der Waals surface area contributed by atoms with Gasteiger partial charge in [-0.3, -0.25) is 4.79 Å². The summed E-state index contributed by atoms with van der Waals surface area (Å²) in [5.74, 6) is 0.504. The monoisotopic (exact) mass is 382 g/mol. The smallest absolute Gasteiger partial charge is 0.260 e. The van der Waals surface area contributed by atoms with E-state index in [4.69, 9.17) is 4.74 Å². The van der Waals surface area contributed by atoms with E-state index < -0.39 is 0 Å². The molecule has 2 aromatic rings. The molecule has 2 aromatic carbocycles. The van der Waals surface area contributed by atoms with Gasteiger partial charge in [-0.1, -0.05) is 24.3 Å². The van der Waals surface area contributed by atoms with Crippen LogP contribution in [-0.4, -0.2) is 41.6 Å². The minimum Gasteiger partial charge on any atom is -0.484 e. The number of benzene rings is 2. The molecule has 0 aliphatic carbocycles. The Morgan fingerprint density at radius 3 is 2.68 bits per heavy atom. The van der Waals surface area contributed by atoms with E-state index in [1.807, 2.05) is 41.3 Å². The summed E-state index contributed by atoms with van der Waals surface area (Å²) in [6.45, 7) is 5.16. The fourth-order valence-corrected chi connectivity index (χ4v) is 4.86. The summed E-state index contributed by atoms with van der Waals surface area (Å²) in [7, 11) is 0. The van der Waals surface area contributed by atoms with Crippen LogP contribution < -0.4 is 9.64 Å². The van der Waals surface area contributed by atoms with E-state index in [1.54, 1.807) is 12.1 Å². The highest BCUT2D eigenvalue weighted by atomic mass is 19.1. The van der Waals surface area contributed by atoms with Gasteiger partial charge in [-0.25, -0.2) is 4.39 Å². The van der Waals surface area contributed by atoms with Crippen molar-refractivity contribution in [1.82, 2.24) is 4.90 Å². The molecule has 28 heavy (non-hydrogen) atoms. The first-order valence-electron chi connectivity index (χ1n) is 9.98. The molecule has 0 unspecified atom stereocenters. The largest absolute Gasteiger partial charge is 0.484 e. The first-order valence-corrected chi connectivity index (χ1v) is 9.98. The predicted molar refractivity (Wildman–Crippen MR) is 108 cm³/mol. The minimum absolute atomic E-state index is 0.0236. The number of likely N-dealkylation sites (tertiary alicyclic amines) is 1. The molecule has 4 nitrogen and oxygen atoms in total. The molecule has 2 aliphatic heterocycles. The second kappa shape index (κ2) is 7.46. The van der Waals surface area contributed by atoms with Gasteiger partial charge in [0.2, 0.25) is 0 Å². The Morgan fingerprint density at radius 1 is 1.14 bits per heavy atom. The van der Waals surface area contributed by atoms with Gasteiger partial charge < -0.3 is 14.5 Å². The lowest BCUT2D eigenvalue weighted by Crippen LogP contribution is -2.53. The first kappa shape index (κ1) is 18.8. The lowest BCUT2D eigenvalue weighted by molar-refractivity contribution is -0.137. The van der Waals surface area contributed by atoms with Gasteiger partial charge in [0.05, 0.1) is 12.1 Å². The second-order valence-electron chi connectivity index (χ2n) is 8.33. The van der Waals surface area contributed by atoms with Gasteiger partial charge in [0.25, 0.3) is 5.91 Å². The molecule has 148 valence electrons. The van der Waals surface area contributed by atoms with Crippen LogP contribution in [0.1, 0.15) is 33.1 Å². The molecule has 2 heterocycles. The van der Waals surface area contributed by atoms with Crippen LogP contribution >= 0.6 is 0 Å². The topological polar surface area (TPSA) is 32.8 Å². The molecule has 2 fully saturated rings. The number of ether oxygens (including phenoxy) is 1. The van der Waals surface area contributed by atoms with E-state index in [0.717, 1.165) is 31.5 Å². The maximum absolute atomic E-state index is 13.9. The summed E-state index contributed by atoms with van der Waals surface area (Å²) in [4.78, 5) is 17.2. The zero-order valence-corrected chi connectivity index (χ0v) is 16.5. The summed E-state index contributed by atoms with van der Waals surface area (Å²) < 4.78 is 19.5. The number of halogens is 1. The maximum atomic E-state index is 13.9. The van der Waals surface area contributed by atoms with Crippen LogP contribution in [0.5, 0.6) is 5.75 Å². The van der Waals surface area contributed by atoms with Crippen LogP contribution in [0, 0.1) is 5.82 Å². The third kappa shape index (κ3) is 3.58. The van der Waals surface area contributed by atoms with E-state index in [2.05, 4.69) is 18.7 Å². The number of nitrogens with zero attached hydrogens (tertiary/aromatic N) is 2. The molecular weight excluding hydrogens is 355 g/mol. The van der Waals surface area contributed by atoms with Gasteiger partial charge in [0.15, 0.2) is 6.61 Å². The Labute approximate surface area is 165 Å². The zero-order valence-electron chi connectivity index (χ0n) is 16.5. The highest BCUT2D eigenvalue weighted by Gasteiger charge is 2.50. The van der Waals surface area contributed by atoms with Crippen molar-refractivity contribution in [2.24, 2.45) is 0 Å². The number of fused-ring (bicyclic) bond motifs is 1. The quantitative estimate of drug-likeness (QED) is 0.792. The molecule has 0 saturated carbocycles. The molecule has 0 N–H and O–H groups in total. The van der Waals surface area contributed by atoms with Crippen LogP contribution in [0.3, 0.4) is 0 Å². The first-order chi connectivity index (χ1) is 13.5. The number of para-hydroxylation sites is 1. The van der Waals surface area contributed by atoms with E-state index in [1.165, 1.54) is 6.07 Å². The lowest BCUT2D eigenvalue weighted by Gasteiger charge is -2.42. The van der Waals surface area contributed by atoms with Crippen LogP contribution in [0.15, 0.2) is 54.6 Å². The van der Waals surface area contributed by atoms with Crippen LogP contribution in [0.4, 0.5) is 10.1 Å². The van der Waals surface area contributed by atoms with Gasteiger partial charge in [0, 0.05) is 17.8 Å². The Balaban J connectivity index is 1.52. The summed E-state index contributed by atoms with van der Waals surface area (Å²) in [6.07, 6.45) is 2.82. The van der Waals surface area contributed by atoms with Gasteiger partial charge in [0.1, 0.15) is 11.6 Å². The van der Waals surface area contributed by atoms with Crippen LogP contribution in [0.25, 0.3) is 0 Å².